The highest BCUT2D eigenvalue weighted by Crippen LogP contribution is 2.46. The molecule has 0 aliphatic heterocycles. The minimum absolute atomic E-state index is 0.0346. The van der Waals surface area contributed by atoms with E-state index in [1.54, 1.807) is 7.05 Å². The first-order valence-corrected chi connectivity index (χ1v) is 14.4. The first-order chi connectivity index (χ1) is 17.6. The topological polar surface area (TPSA) is 130 Å². The molecule has 0 atom stereocenters. The number of furan rings is 1. The number of aromatic nitrogens is 1. The van der Waals surface area contributed by atoms with Crippen molar-refractivity contribution in [1.82, 2.24) is 10.3 Å². The van der Waals surface area contributed by atoms with Crippen LogP contribution in [0.25, 0.3) is 22.4 Å². The number of pyridine rings is 1. The molecule has 0 bridgehead atoms. The number of hydrogen-bond acceptors (Lipinski definition) is 6. The molecule has 1 aliphatic carbocycles. The van der Waals surface area contributed by atoms with Crippen molar-refractivity contribution >= 4 is 38.8 Å². The first-order valence-electron chi connectivity index (χ1n) is 12.6. The van der Waals surface area contributed by atoms with E-state index < -0.39 is 16.0 Å². The Morgan fingerprint density at radius 2 is 1.81 bits per heavy atom. The van der Waals surface area contributed by atoms with Crippen LogP contribution in [-0.4, -0.2) is 50.2 Å². The molecule has 1 aliphatic rings. The molecule has 2 heterocycles. The highest BCUT2D eigenvalue weighted by molar-refractivity contribution is 7.92. The van der Waals surface area contributed by atoms with Gasteiger partial charge in [-0.25, -0.2) is 8.42 Å². The second kappa shape index (κ2) is 11.8. The molecule has 2 aromatic heterocycles. The lowest BCUT2D eigenvalue weighted by molar-refractivity contribution is -0.137. The Labute approximate surface area is 217 Å². The molecule has 9 nitrogen and oxygen atoms in total. The number of benzene rings is 1. The molecule has 0 radical (unpaired) electrons. The van der Waals surface area contributed by atoms with Crippen molar-refractivity contribution in [3.05, 3.63) is 47.0 Å². The highest BCUT2D eigenvalue weighted by Gasteiger charge is 2.34. The number of carbonyl (C=O) groups excluding carboxylic acids is 1. The number of fused-ring (bicyclic) bond motifs is 1. The number of rotatable bonds is 10. The van der Waals surface area contributed by atoms with Crippen LogP contribution in [0.5, 0.6) is 0 Å². The lowest BCUT2D eigenvalue weighted by atomic mass is 10.0. The van der Waals surface area contributed by atoms with Crippen LogP contribution in [0.15, 0.2) is 34.7 Å². The molecule has 10 heteroatoms. The standard InChI is InChI=1S/C25H29N3O6S.C2H6/c1-15-7-9-17(10-8-15)22-21(24(31)26-2)19-14-18(16-11-12-16)23(27-25(19)34-22)28(35(3,32)33)13-5-4-6-20(29)30;1-2/h7-10,14,16H,4-6,11-13H2,1-3H3,(H,26,31)(H,29,30);1-2H3. The van der Waals surface area contributed by atoms with Crippen LogP contribution < -0.4 is 9.62 Å². The molecular formula is C27H35N3O6S. The van der Waals surface area contributed by atoms with Gasteiger partial charge in [-0.15, -0.1) is 0 Å². The predicted molar refractivity (Wildman–Crippen MR) is 145 cm³/mol. The summed E-state index contributed by atoms with van der Waals surface area (Å²) in [5, 5.41) is 12.1. The van der Waals surface area contributed by atoms with Gasteiger partial charge in [-0.05, 0) is 50.2 Å². The summed E-state index contributed by atoms with van der Waals surface area (Å²) in [6.07, 6.45) is 3.60. The van der Waals surface area contributed by atoms with E-state index in [0.717, 1.165) is 35.8 Å². The largest absolute Gasteiger partial charge is 0.481 e. The highest BCUT2D eigenvalue weighted by atomic mass is 32.2. The van der Waals surface area contributed by atoms with E-state index in [1.165, 1.54) is 4.31 Å². The Kier molecular flexibility index (Phi) is 8.96. The summed E-state index contributed by atoms with van der Waals surface area (Å²) in [6.45, 7) is 6.08. The van der Waals surface area contributed by atoms with E-state index in [9.17, 15) is 18.0 Å². The number of nitrogens with zero attached hydrogens (tertiary/aromatic N) is 2. The Hall–Kier alpha value is -3.40. The fourth-order valence-electron chi connectivity index (χ4n) is 4.14. The van der Waals surface area contributed by atoms with E-state index in [-0.39, 0.29) is 36.3 Å². The quantitative estimate of drug-likeness (QED) is 0.350. The predicted octanol–water partition coefficient (Wildman–Crippen LogP) is 5.09. The maximum absolute atomic E-state index is 12.9. The van der Waals surface area contributed by atoms with E-state index in [2.05, 4.69) is 10.3 Å². The van der Waals surface area contributed by atoms with Crippen LogP contribution in [0.3, 0.4) is 0 Å². The summed E-state index contributed by atoms with van der Waals surface area (Å²) >= 11 is 0. The zero-order chi connectivity index (χ0) is 27.3. The molecule has 0 spiro atoms. The second-order valence-corrected chi connectivity index (χ2v) is 10.9. The average molecular weight is 530 g/mol. The average Bonchev–Trinajstić information content (AvgIpc) is 3.64. The lowest BCUT2D eigenvalue weighted by Gasteiger charge is -2.23. The maximum Gasteiger partial charge on any atom is 0.303 e. The summed E-state index contributed by atoms with van der Waals surface area (Å²) in [5.41, 5.74) is 3.07. The third-order valence-corrected chi connectivity index (χ3v) is 7.27. The number of aryl methyl sites for hydroxylation is 1. The second-order valence-electron chi connectivity index (χ2n) is 8.97. The van der Waals surface area contributed by atoms with Crippen molar-refractivity contribution in [2.24, 2.45) is 0 Å². The van der Waals surface area contributed by atoms with Gasteiger partial charge in [-0.2, -0.15) is 4.98 Å². The summed E-state index contributed by atoms with van der Waals surface area (Å²) in [7, 11) is -2.15. The smallest absolute Gasteiger partial charge is 0.303 e. The molecule has 2 N–H and O–H groups in total. The number of nitrogens with one attached hydrogen (secondary N) is 1. The minimum Gasteiger partial charge on any atom is -0.481 e. The van der Waals surface area contributed by atoms with Gasteiger partial charge in [0.2, 0.25) is 15.7 Å². The third kappa shape index (κ3) is 6.49. The number of sulfonamides is 1. The Morgan fingerprint density at radius 1 is 1.16 bits per heavy atom. The van der Waals surface area contributed by atoms with Crippen molar-refractivity contribution in [1.29, 1.82) is 0 Å². The van der Waals surface area contributed by atoms with Crippen LogP contribution in [0.4, 0.5) is 5.82 Å². The Morgan fingerprint density at radius 3 is 2.35 bits per heavy atom. The van der Waals surface area contributed by atoms with Gasteiger partial charge in [0.15, 0.2) is 0 Å². The fourth-order valence-corrected chi connectivity index (χ4v) is 5.06. The first kappa shape index (κ1) is 28.2. The maximum atomic E-state index is 12.9. The number of amides is 1. The Balaban J connectivity index is 0.00000186. The van der Waals surface area contributed by atoms with Crippen molar-refractivity contribution < 1.29 is 27.5 Å². The number of aliphatic carboxylic acids is 1. The Bertz CT molecular complexity index is 1380. The van der Waals surface area contributed by atoms with Crippen molar-refractivity contribution in [2.45, 2.75) is 58.8 Å². The van der Waals surface area contributed by atoms with Crippen LogP contribution in [0, 0.1) is 6.92 Å². The lowest BCUT2D eigenvalue weighted by Crippen LogP contribution is -2.32. The molecule has 1 amide bonds. The van der Waals surface area contributed by atoms with Gasteiger partial charge in [0, 0.05) is 25.6 Å². The SMILES string of the molecule is CC.CNC(=O)c1c(-c2ccc(C)cc2)oc2nc(N(CCCCC(=O)O)S(C)(=O)=O)c(C3CC3)cc12. The summed E-state index contributed by atoms with van der Waals surface area (Å²) in [5.74, 6) is -0.441. The van der Waals surface area contributed by atoms with E-state index in [1.807, 2.05) is 51.1 Å². The molecular weight excluding hydrogens is 494 g/mol. The normalized spacial score (nSPS) is 13.1. The molecule has 1 fully saturated rings. The van der Waals surface area contributed by atoms with Crippen LogP contribution in [0.1, 0.15) is 73.4 Å². The molecule has 4 rings (SSSR count). The number of carboxylic acid groups (broad SMARTS) is 1. The molecule has 0 saturated heterocycles. The number of hydrogen-bond donors (Lipinski definition) is 2. The number of carboxylic acids is 1. The van der Waals surface area contributed by atoms with Gasteiger partial charge in [-0.1, -0.05) is 43.7 Å². The molecule has 1 saturated carbocycles. The zero-order valence-corrected chi connectivity index (χ0v) is 22.8. The van der Waals surface area contributed by atoms with Crippen molar-refractivity contribution in [3.8, 4) is 11.3 Å². The molecule has 0 unspecified atom stereocenters. The molecule has 37 heavy (non-hydrogen) atoms. The van der Waals surface area contributed by atoms with E-state index >= 15 is 0 Å². The third-order valence-electron chi connectivity index (χ3n) is 6.11. The molecule has 200 valence electrons. The number of carbonyl (C=O) groups is 2. The fraction of sp³-hybridized carbons (Fsp3) is 0.444. The van der Waals surface area contributed by atoms with Gasteiger partial charge >= 0.3 is 5.97 Å². The van der Waals surface area contributed by atoms with Gasteiger partial charge in [0.05, 0.1) is 17.2 Å². The summed E-state index contributed by atoms with van der Waals surface area (Å²) < 4.78 is 32.8. The van der Waals surface area contributed by atoms with Gasteiger partial charge in [0.25, 0.3) is 5.91 Å². The zero-order valence-electron chi connectivity index (χ0n) is 22.0. The number of anilines is 1. The van der Waals surface area contributed by atoms with E-state index in [0.29, 0.717) is 29.6 Å². The monoisotopic (exact) mass is 529 g/mol. The molecule has 3 aromatic rings. The van der Waals surface area contributed by atoms with Gasteiger partial charge < -0.3 is 14.8 Å². The van der Waals surface area contributed by atoms with Gasteiger partial charge in [0.1, 0.15) is 11.6 Å². The van der Waals surface area contributed by atoms with Crippen molar-refractivity contribution in [3.63, 3.8) is 0 Å². The van der Waals surface area contributed by atoms with Crippen molar-refractivity contribution in [2.75, 3.05) is 24.2 Å². The van der Waals surface area contributed by atoms with Crippen LogP contribution in [0.2, 0.25) is 0 Å². The summed E-state index contributed by atoms with van der Waals surface area (Å²) in [6, 6.07) is 9.41. The van der Waals surface area contributed by atoms with E-state index in [4.69, 9.17) is 9.52 Å². The van der Waals surface area contributed by atoms with Crippen LogP contribution in [-0.2, 0) is 14.8 Å². The van der Waals surface area contributed by atoms with Crippen LogP contribution >= 0.6 is 0 Å². The van der Waals surface area contributed by atoms with Gasteiger partial charge in [-0.3, -0.25) is 13.9 Å². The summed E-state index contributed by atoms with van der Waals surface area (Å²) in [4.78, 5) is 28.4. The number of unbranched alkanes of at least 4 members (excludes halogenated alkanes) is 1. The molecule has 1 aromatic carbocycles. The minimum atomic E-state index is -3.69.